The van der Waals surface area contributed by atoms with E-state index in [2.05, 4.69) is 24.8 Å². The molecule has 106 valence electrons. The van der Waals surface area contributed by atoms with Gasteiger partial charge in [-0.3, -0.25) is 4.90 Å². The largest absolute Gasteiger partial charge is 0.496 e. The highest BCUT2D eigenvalue weighted by Gasteiger charge is 2.32. The monoisotopic (exact) mass is 264 g/mol. The molecule has 1 saturated heterocycles. The minimum absolute atomic E-state index is 0.110. The van der Waals surface area contributed by atoms with Gasteiger partial charge in [-0.05, 0) is 19.9 Å². The molecule has 1 aromatic carbocycles. The van der Waals surface area contributed by atoms with Gasteiger partial charge in [0.05, 0.1) is 18.8 Å². The minimum atomic E-state index is -0.149. The Kier molecular flexibility index (Phi) is 4.45. The Labute approximate surface area is 115 Å². The average molecular weight is 264 g/mol. The summed E-state index contributed by atoms with van der Waals surface area (Å²) in [6, 6.07) is 8.15. The van der Waals surface area contributed by atoms with Crippen LogP contribution < -0.4 is 10.5 Å². The number of rotatable bonds is 4. The average Bonchev–Trinajstić information content (AvgIpc) is 2.37. The van der Waals surface area contributed by atoms with Crippen LogP contribution >= 0.6 is 0 Å². The second-order valence-corrected chi connectivity index (χ2v) is 5.72. The zero-order valence-electron chi connectivity index (χ0n) is 12.1. The molecule has 4 heteroatoms. The van der Waals surface area contributed by atoms with Crippen LogP contribution in [-0.2, 0) is 11.3 Å². The first-order valence-electron chi connectivity index (χ1n) is 6.76. The van der Waals surface area contributed by atoms with Gasteiger partial charge in [0, 0.05) is 31.7 Å². The molecule has 0 amide bonds. The summed E-state index contributed by atoms with van der Waals surface area (Å²) in [5.74, 6) is 0.941. The molecule has 1 heterocycles. The maximum absolute atomic E-state index is 5.95. The van der Waals surface area contributed by atoms with E-state index in [0.29, 0.717) is 6.54 Å². The number of hydrogen-bond acceptors (Lipinski definition) is 4. The van der Waals surface area contributed by atoms with Crippen molar-refractivity contribution in [2.75, 3.05) is 26.7 Å². The van der Waals surface area contributed by atoms with Crippen molar-refractivity contribution in [1.82, 2.24) is 4.90 Å². The molecule has 0 bridgehead atoms. The fraction of sp³-hybridized carbons (Fsp3) is 0.600. The number of benzene rings is 1. The lowest BCUT2D eigenvalue weighted by Crippen LogP contribution is -2.54. The Morgan fingerprint density at radius 1 is 1.42 bits per heavy atom. The van der Waals surface area contributed by atoms with Gasteiger partial charge >= 0.3 is 0 Å². The zero-order valence-corrected chi connectivity index (χ0v) is 12.1. The van der Waals surface area contributed by atoms with Crippen LogP contribution in [0.15, 0.2) is 24.3 Å². The fourth-order valence-corrected chi connectivity index (χ4v) is 2.73. The maximum atomic E-state index is 5.95. The summed E-state index contributed by atoms with van der Waals surface area (Å²) < 4.78 is 11.4. The summed E-state index contributed by atoms with van der Waals surface area (Å²) in [5, 5.41) is 0. The second kappa shape index (κ2) is 5.90. The first-order chi connectivity index (χ1) is 9.04. The minimum Gasteiger partial charge on any atom is -0.496 e. The van der Waals surface area contributed by atoms with Crippen molar-refractivity contribution in [2.45, 2.75) is 32.1 Å². The van der Waals surface area contributed by atoms with Crippen molar-refractivity contribution in [3.63, 3.8) is 0 Å². The van der Waals surface area contributed by atoms with E-state index in [1.807, 2.05) is 18.2 Å². The van der Waals surface area contributed by atoms with Crippen LogP contribution in [0.5, 0.6) is 5.75 Å². The van der Waals surface area contributed by atoms with Crippen molar-refractivity contribution in [3.8, 4) is 5.75 Å². The molecular formula is C15H24N2O2. The van der Waals surface area contributed by atoms with E-state index >= 15 is 0 Å². The molecule has 1 aliphatic heterocycles. The van der Waals surface area contributed by atoms with Crippen LogP contribution in [0.4, 0.5) is 0 Å². The Hall–Kier alpha value is -1.10. The second-order valence-electron chi connectivity index (χ2n) is 5.72. The first-order valence-corrected chi connectivity index (χ1v) is 6.76. The normalized spacial score (nSPS) is 23.3. The lowest BCUT2D eigenvalue weighted by atomic mass is 10.0. The molecule has 2 rings (SSSR count). The highest BCUT2D eigenvalue weighted by Crippen LogP contribution is 2.25. The molecular weight excluding hydrogens is 240 g/mol. The van der Waals surface area contributed by atoms with Crippen LogP contribution in [-0.4, -0.2) is 43.3 Å². The van der Waals surface area contributed by atoms with Gasteiger partial charge in [-0.2, -0.15) is 0 Å². The number of nitrogens with two attached hydrogens (primary N) is 1. The van der Waals surface area contributed by atoms with Gasteiger partial charge in [0.1, 0.15) is 5.75 Å². The van der Waals surface area contributed by atoms with E-state index in [-0.39, 0.29) is 11.7 Å². The summed E-state index contributed by atoms with van der Waals surface area (Å²) in [7, 11) is 1.71. The van der Waals surface area contributed by atoms with Gasteiger partial charge in [0.25, 0.3) is 0 Å². The summed E-state index contributed by atoms with van der Waals surface area (Å²) in [6.45, 7) is 7.44. The first kappa shape index (κ1) is 14.3. The third kappa shape index (κ3) is 3.69. The number of hydrogen-bond donors (Lipinski definition) is 1. The van der Waals surface area contributed by atoms with Crippen LogP contribution in [0, 0.1) is 0 Å². The maximum Gasteiger partial charge on any atom is 0.123 e. The molecule has 0 radical (unpaired) electrons. The Balaban J connectivity index is 2.09. The lowest BCUT2D eigenvalue weighted by Gasteiger charge is -2.42. The number of para-hydroxylation sites is 1. The van der Waals surface area contributed by atoms with Gasteiger partial charge < -0.3 is 15.2 Å². The van der Waals surface area contributed by atoms with Gasteiger partial charge in [0.15, 0.2) is 0 Å². The predicted molar refractivity (Wildman–Crippen MR) is 76.3 cm³/mol. The van der Waals surface area contributed by atoms with Crippen LogP contribution in [0.1, 0.15) is 19.4 Å². The van der Waals surface area contributed by atoms with Gasteiger partial charge in [-0.1, -0.05) is 18.2 Å². The molecule has 0 saturated carbocycles. The van der Waals surface area contributed by atoms with Gasteiger partial charge in [-0.25, -0.2) is 0 Å². The molecule has 19 heavy (non-hydrogen) atoms. The van der Waals surface area contributed by atoms with E-state index in [1.54, 1.807) is 7.11 Å². The number of nitrogens with zero attached hydrogens (tertiary/aromatic N) is 1. The Morgan fingerprint density at radius 3 is 2.84 bits per heavy atom. The molecule has 0 aromatic heterocycles. The standard InChI is InChI=1S/C15H24N2O2/c1-15(2)11-17(10-13(8-16)19-15)9-12-6-4-5-7-14(12)18-3/h4-7,13H,8-11,16H2,1-3H3. The molecule has 4 nitrogen and oxygen atoms in total. The predicted octanol–water partition coefficient (Wildman–Crippen LogP) is 1.63. The third-order valence-corrected chi connectivity index (χ3v) is 3.40. The number of ether oxygens (including phenoxy) is 2. The molecule has 1 aromatic rings. The summed E-state index contributed by atoms with van der Waals surface area (Å²) >= 11 is 0. The molecule has 1 aliphatic rings. The highest BCUT2D eigenvalue weighted by molar-refractivity contribution is 5.33. The summed E-state index contributed by atoms with van der Waals surface area (Å²) in [5.41, 5.74) is 6.82. The van der Waals surface area contributed by atoms with E-state index < -0.39 is 0 Å². The summed E-state index contributed by atoms with van der Waals surface area (Å²) in [6.07, 6.45) is 0.110. The number of methoxy groups -OCH3 is 1. The van der Waals surface area contributed by atoms with Crippen LogP contribution in [0.25, 0.3) is 0 Å². The molecule has 0 aliphatic carbocycles. The zero-order chi connectivity index (χ0) is 13.9. The fourth-order valence-electron chi connectivity index (χ4n) is 2.73. The van der Waals surface area contributed by atoms with Crippen LogP contribution in [0.3, 0.4) is 0 Å². The van der Waals surface area contributed by atoms with Crippen molar-refractivity contribution in [1.29, 1.82) is 0 Å². The highest BCUT2D eigenvalue weighted by atomic mass is 16.5. The van der Waals surface area contributed by atoms with Gasteiger partial charge in [0.2, 0.25) is 0 Å². The van der Waals surface area contributed by atoms with E-state index in [4.69, 9.17) is 15.2 Å². The number of morpholine rings is 1. The Morgan fingerprint density at radius 2 is 2.16 bits per heavy atom. The van der Waals surface area contributed by atoms with Gasteiger partial charge in [-0.15, -0.1) is 0 Å². The third-order valence-electron chi connectivity index (χ3n) is 3.40. The molecule has 1 fully saturated rings. The van der Waals surface area contributed by atoms with Crippen molar-refractivity contribution >= 4 is 0 Å². The smallest absolute Gasteiger partial charge is 0.123 e. The van der Waals surface area contributed by atoms with Crippen LogP contribution in [0.2, 0.25) is 0 Å². The molecule has 2 N–H and O–H groups in total. The quantitative estimate of drug-likeness (QED) is 0.898. The van der Waals surface area contributed by atoms with E-state index in [1.165, 1.54) is 5.56 Å². The Bertz CT molecular complexity index is 420. The molecule has 1 unspecified atom stereocenters. The van der Waals surface area contributed by atoms with E-state index in [9.17, 15) is 0 Å². The van der Waals surface area contributed by atoms with Crippen molar-refractivity contribution < 1.29 is 9.47 Å². The van der Waals surface area contributed by atoms with Crippen molar-refractivity contribution in [2.24, 2.45) is 5.73 Å². The topological polar surface area (TPSA) is 47.7 Å². The molecule has 0 spiro atoms. The molecule has 1 atom stereocenters. The summed E-state index contributed by atoms with van der Waals surface area (Å²) in [4.78, 5) is 2.39. The SMILES string of the molecule is COc1ccccc1CN1CC(CN)OC(C)(C)C1. The van der Waals surface area contributed by atoms with E-state index in [0.717, 1.165) is 25.4 Å². The lowest BCUT2D eigenvalue weighted by molar-refractivity contribution is -0.134. The van der Waals surface area contributed by atoms with Crippen molar-refractivity contribution in [3.05, 3.63) is 29.8 Å².